The van der Waals surface area contributed by atoms with Gasteiger partial charge in [-0.1, -0.05) is 0 Å². The summed E-state index contributed by atoms with van der Waals surface area (Å²) in [6.07, 6.45) is 6.41. The highest BCUT2D eigenvalue weighted by Gasteiger charge is 2.35. The van der Waals surface area contributed by atoms with Crippen molar-refractivity contribution in [3.63, 3.8) is 0 Å². The van der Waals surface area contributed by atoms with Crippen LogP contribution in [0.25, 0.3) is 11.2 Å². The van der Waals surface area contributed by atoms with E-state index in [1.807, 2.05) is 0 Å². The molecule has 1 aliphatic heterocycles. The van der Waals surface area contributed by atoms with E-state index in [4.69, 9.17) is 4.74 Å². The summed E-state index contributed by atoms with van der Waals surface area (Å²) < 4.78 is 13.7. The average molecular weight is 798 g/mol. The lowest BCUT2D eigenvalue weighted by molar-refractivity contribution is -0.0432. The van der Waals surface area contributed by atoms with Crippen LogP contribution < -0.4 is 32.1 Å². The van der Waals surface area contributed by atoms with Crippen LogP contribution in [0.4, 0.5) is 23.0 Å². The maximum absolute atomic E-state index is 13.3. The van der Waals surface area contributed by atoms with Crippen LogP contribution in [0.1, 0.15) is 61.0 Å². The number of aliphatic hydroxyl groups is 2. The minimum atomic E-state index is -0.866. The first-order chi connectivity index (χ1) is 27.8. The molecule has 3 atom stereocenters. The average Bonchev–Trinajstić information content (AvgIpc) is 4.04. The molecule has 0 saturated carbocycles. The Balaban J connectivity index is 0.893. The lowest BCUT2D eigenvalue weighted by Crippen LogP contribution is -2.27. The fraction of sp³-hybridized carbons (Fsp3) is 0.324. The second kappa shape index (κ2) is 16.3. The van der Waals surface area contributed by atoms with Gasteiger partial charge in [0.25, 0.3) is 29.2 Å². The first-order valence-corrected chi connectivity index (χ1v) is 18.3. The summed E-state index contributed by atoms with van der Waals surface area (Å²) in [6, 6.07) is 8.08. The summed E-state index contributed by atoms with van der Waals surface area (Å²) in [5.74, 6) is -1.40. The van der Waals surface area contributed by atoms with Crippen molar-refractivity contribution in [2.24, 2.45) is 28.2 Å². The summed E-state index contributed by atoms with van der Waals surface area (Å²) in [7, 11) is 6.78. The molecule has 0 bridgehead atoms. The van der Waals surface area contributed by atoms with Crippen LogP contribution in [0, 0.1) is 0 Å². The molecule has 7 heterocycles. The van der Waals surface area contributed by atoms with Gasteiger partial charge in [0.05, 0.1) is 36.1 Å². The highest BCUT2D eigenvalue weighted by molar-refractivity contribution is 6.08. The quantitative estimate of drug-likeness (QED) is 0.0724. The number of carbonyl (C=O) groups excluding carboxylic acids is 4. The number of carbonyl (C=O) groups is 4. The number of hydrogen-bond donors (Lipinski definition) is 8. The van der Waals surface area contributed by atoms with E-state index >= 15 is 0 Å². The normalized spacial score (nSPS) is 16.4. The number of imidazole rings is 1. The Bertz CT molecular complexity index is 2570. The summed E-state index contributed by atoms with van der Waals surface area (Å²) in [6.45, 7) is 0.284. The minimum absolute atomic E-state index is 0.102. The Morgan fingerprint density at radius 1 is 0.828 bits per heavy atom. The van der Waals surface area contributed by atoms with Crippen LogP contribution in [0.2, 0.25) is 0 Å². The molecule has 58 heavy (non-hydrogen) atoms. The third-order valence-corrected chi connectivity index (χ3v) is 9.72. The number of anilines is 4. The third-order valence-electron chi connectivity index (χ3n) is 9.72. The second-order valence-corrected chi connectivity index (χ2v) is 13.9. The Kier molecular flexibility index (Phi) is 11.0. The molecular formula is C37H43N13O8. The van der Waals surface area contributed by atoms with Gasteiger partial charge in [-0.25, -0.2) is 4.98 Å². The Morgan fingerprint density at radius 2 is 1.40 bits per heavy atom. The number of hydrogen-bond acceptors (Lipinski definition) is 11. The van der Waals surface area contributed by atoms with Gasteiger partial charge in [0.2, 0.25) is 5.95 Å². The number of aromatic amines is 1. The molecule has 21 nitrogen and oxygen atoms in total. The summed E-state index contributed by atoms with van der Waals surface area (Å²) in [5.41, 5.74) is 2.41. The molecule has 3 unspecified atom stereocenters. The van der Waals surface area contributed by atoms with Crippen LogP contribution in [-0.4, -0.2) is 104 Å². The van der Waals surface area contributed by atoms with Crippen LogP contribution in [-0.2, 0) is 32.9 Å². The monoisotopic (exact) mass is 797 g/mol. The second-order valence-electron chi connectivity index (χ2n) is 13.9. The van der Waals surface area contributed by atoms with E-state index in [9.17, 15) is 34.2 Å². The Hall–Kier alpha value is -6.97. The molecule has 0 aliphatic carbocycles. The number of fused-ring (bicyclic) bond motifs is 1. The molecule has 6 aromatic heterocycles. The van der Waals surface area contributed by atoms with Crippen molar-refractivity contribution in [2.45, 2.75) is 31.3 Å². The highest BCUT2D eigenvalue weighted by Crippen LogP contribution is 2.30. The predicted molar refractivity (Wildman–Crippen MR) is 211 cm³/mol. The molecular weight excluding hydrogens is 754 g/mol. The number of aliphatic hydroxyl groups excluding tert-OH is 2. The summed E-state index contributed by atoms with van der Waals surface area (Å²) >= 11 is 0. The largest absolute Gasteiger partial charge is 0.394 e. The molecule has 21 heteroatoms. The molecule has 0 aromatic carbocycles. The maximum atomic E-state index is 13.3. The van der Waals surface area contributed by atoms with E-state index in [0.29, 0.717) is 41.4 Å². The number of rotatable bonds is 14. The number of nitrogens with one attached hydrogen (secondary N) is 6. The standard InChI is InChI=1S/C37H43N13O8/c1-46-10-5-7-23(46)33(54)41-21-12-25(48(3)16-21)35(56)43-22-13-26(49(4)17-22)34(55)42-20-11-24(47(2)15-20)32(53)38-8-6-9-39-37-44-31-30(36(57)45-37)40-19-50(31)29-14-27(52)28(18-51)58-29/h5,7,10-13,15-17,19,27-29,51-52H,6,8-9,14,18H2,1-4H3,(H,38,53)(H,41,54)(H,42,55)(H,43,56)(H2,39,44,45,57). The van der Waals surface area contributed by atoms with E-state index in [1.165, 1.54) is 12.4 Å². The van der Waals surface area contributed by atoms with Gasteiger partial charge in [0.15, 0.2) is 11.2 Å². The van der Waals surface area contributed by atoms with Gasteiger partial charge < -0.3 is 59.8 Å². The zero-order valence-electron chi connectivity index (χ0n) is 32.0. The van der Waals surface area contributed by atoms with Gasteiger partial charge in [0, 0.05) is 72.5 Å². The predicted octanol–water partition coefficient (Wildman–Crippen LogP) is 1.10. The molecule has 8 N–H and O–H groups in total. The Morgan fingerprint density at radius 3 is 1.93 bits per heavy atom. The van der Waals surface area contributed by atoms with E-state index in [-0.39, 0.29) is 59.9 Å². The van der Waals surface area contributed by atoms with E-state index in [2.05, 4.69) is 41.5 Å². The Labute approximate surface area is 329 Å². The number of H-pyrrole nitrogens is 1. The highest BCUT2D eigenvalue weighted by atomic mass is 16.5. The number of nitrogens with zero attached hydrogens (tertiary/aromatic N) is 7. The smallest absolute Gasteiger partial charge is 0.280 e. The van der Waals surface area contributed by atoms with Gasteiger partial charge in [-0.15, -0.1) is 0 Å². The molecule has 7 rings (SSSR count). The van der Waals surface area contributed by atoms with Crippen LogP contribution >= 0.6 is 0 Å². The van der Waals surface area contributed by atoms with Crippen LogP contribution in [0.3, 0.4) is 0 Å². The topological polar surface area (TPSA) is 261 Å². The van der Waals surface area contributed by atoms with Crippen molar-refractivity contribution in [1.82, 2.24) is 43.1 Å². The van der Waals surface area contributed by atoms with Crippen LogP contribution in [0.15, 0.2) is 66.2 Å². The third kappa shape index (κ3) is 8.12. The maximum Gasteiger partial charge on any atom is 0.280 e. The lowest BCUT2D eigenvalue weighted by atomic mass is 10.2. The number of aryl methyl sites for hydroxylation is 4. The molecule has 1 saturated heterocycles. The summed E-state index contributed by atoms with van der Waals surface area (Å²) in [4.78, 5) is 76.0. The first-order valence-electron chi connectivity index (χ1n) is 18.3. The molecule has 4 amide bonds. The molecule has 1 aliphatic rings. The number of amides is 4. The van der Waals surface area contributed by atoms with Gasteiger partial charge in [-0.05, 0) is 36.8 Å². The molecule has 1 fully saturated rings. The zero-order chi connectivity index (χ0) is 41.2. The van der Waals surface area contributed by atoms with E-state index in [1.54, 1.807) is 100 Å². The van der Waals surface area contributed by atoms with Crippen molar-refractivity contribution in [3.8, 4) is 0 Å². The van der Waals surface area contributed by atoms with E-state index < -0.39 is 35.8 Å². The van der Waals surface area contributed by atoms with Gasteiger partial charge in [-0.3, -0.25) is 33.5 Å². The van der Waals surface area contributed by atoms with Crippen molar-refractivity contribution in [2.75, 3.05) is 41.0 Å². The molecule has 0 radical (unpaired) electrons. The van der Waals surface area contributed by atoms with Crippen molar-refractivity contribution in [3.05, 3.63) is 94.6 Å². The molecule has 304 valence electrons. The fourth-order valence-corrected chi connectivity index (χ4v) is 6.72. The lowest BCUT2D eigenvalue weighted by Gasteiger charge is -2.14. The summed E-state index contributed by atoms with van der Waals surface area (Å²) in [5, 5.41) is 33.8. The van der Waals surface area contributed by atoms with Gasteiger partial charge in [-0.2, -0.15) is 4.98 Å². The van der Waals surface area contributed by atoms with Crippen molar-refractivity contribution in [1.29, 1.82) is 0 Å². The number of aromatic nitrogens is 8. The molecule has 6 aromatic rings. The van der Waals surface area contributed by atoms with Crippen molar-refractivity contribution < 1.29 is 34.1 Å². The van der Waals surface area contributed by atoms with Gasteiger partial charge in [0.1, 0.15) is 35.1 Å². The van der Waals surface area contributed by atoms with Crippen molar-refractivity contribution >= 4 is 57.8 Å². The first kappa shape index (κ1) is 39.3. The molecule has 0 spiro atoms. The number of ether oxygens (including phenoxy) is 1. The zero-order valence-corrected chi connectivity index (χ0v) is 32.0. The fourth-order valence-electron chi connectivity index (χ4n) is 6.72. The van der Waals surface area contributed by atoms with Crippen LogP contribution in [0.5, 0.6) is 0 Å². The van der Waals surface area contributed by atoms with E-state index in [0.717, 1.165) is 0 Å². The minimum Gasteiger partial charge on any atom is -0.394 e. The SMILES string of the molecule is Cn1cc(NC(=O)c2cc(NC(=O)c3cc(NC(=O)c4cccn4C)cn3C)cn2C)cc1C(=O)NCCCNc1nc2c(ncn2C2CC(O)C(CO)O2)c(=O)[nH]1. The van der Waals surface area contributed by atoms with Gasteiger partial charge >= 0.3 is 0 Å².